The van der Waals surface area contributed by atoms with Crippen molar-refractivity contribution in [2.75, 3.05) is 37.8 Å². The number of piperazine rings is 1. The van der Waals surface area contributed by atoms with Crippen molar-refractivity contribution >= 4 is 32.4 Å². The van der Waals surface area contributed by atoms with E-state index in [0.717, 1.165) is 5.00 Å². The van der Waals surface area contributed by atoms with Crippen LogP contribution in [0.25, 0.3) is 0 Å². The van der Waals surface area contributed by atoms with Crippen LogP contribution in [0.2, 0.25) is 0 Å². The van der Waals surface area contributed by atoms with Crippen LogP contribution in [0.4, 0.5) is 9.80 Å². The van der Waals surface area contributed by atoms with E-state index in [1.54, 1.807) is 4.90 Å². The molecule has 1 N–H and O–H groups in total. The Morgan fingerprint density at radius 1 is 1.33 bits per heavy atom. The lowest BCUT2D eigenvalue weighted by Crippen LogP contribution is -2.51. The van der Waals surface area contributed by atoms with Gasteiger partial charge in [0.1, 0.15) is 0 Å². The summed E-state index contributed by atoms with van der Waals surface area (Å²) in [6.45, 7) is 1.56. The average molecular weight is 289 g/mol. The fraction of sp³-hybridized carbons (Fsp3) is 0.500. The number of carbonyl (C=O) groups is 1. The molecule has 18 heavy (non-hydrogen) atoms. The molecule has 0 aliphatic carbocycles. The van der Waals surface area contributed by atoms with E-state index in [0.29, 0.717) is 26.2 Å². The van der Waals surface area contributed by atoms with Gasteiger partial charge in [0, 0.05) is 26.2 Å². The maximum atomic E-state index is 11.9. The lowest BCUT2D eigenvalue weighted by atomic mass is 10.4. The quantitative estimate of drug-likeness (QED) is 0.878. The minimum absolute atomic E-state index is 0.175. The van der Waals surface area contributed by atoms with Crippen molar-refractivity contribution in [3.05, 3.63) is 17.5 Å². The van der Waals surface area contributed by atoms with E-state index in [9.17, 15) is 13.2 Å². The second-order valence-electron chi connectivity index (χ2n) is 4.06. The summed E-state index contributed by atoms with van der Waals surface area (Å²) >= 11 is 1.46. The molecule has 100 valence electrons. The molecule has 1 saturated heterocycles. The van der Waals surface area contributed by atoms with Crippen LogP contribution in [0.1, 0.15) is 0 Å². The van der Waals surface area contributed by atoms with Gasteiger partial charge in [-0.15, -0.1) is 11.3 Å². The third-order valence-electron chi connectivity index (χ3n) is 2.75. The van der Waals surface area contributed by atoms with Crippen LogP contribution in [0.15, 0.2) is 17.5 Å². The van der Waals surface area contributed by atoms with Crippen molar-refractivity contribution in [2.45, 2.75) is 0 Å². The first kappa shape index (κ1) is 13.3. The van der Waals surface area contributed by atoms with Gasteiger partial charge < -0.3 is 4.90 Å². The van der Waals surface area contributed by atoms with E-state index < -0.39 is 10.0 Å². The number of urea groups is 1. The summed E-state index contributed by atoms with van der Waals surface area (Å²) < 4.78 is 24.0. The Kier molecular flexibility index (Phi) is 3.88. The molecule has 2 rings (SSSR count). The Labute approximate surface area is 110 Å². The lowest BCUT2D eigenvalue weighted by molar-refractivity contribution is 0.185. The van der Waals surface area contributed by atoms with Gasteiger partial charge in [-0.2, -0.15) is 4.31 Å². The van der Waals surface area contributed by atoms with Crippen molar-refractivity contribution in [1.82, 2.24) is 9.21 Å². The Morgan fingerprint density at radius 3 is 2.50 bits per heavy atom. The third-order valence-corrected chi connectivity index (χ3v) is 4.83. The van der Waals surface area contributed by atoms with E-state index in [1.165, 1.54) is 21.9 Å². The normalized spacial score (nSPS) is 17.7. The van der Waals surface area contributed by atoms with Crippen LogP contribution in [0, 0.1) is 0 Å². The van der Waals surface area contributed by atoms with Gasteiger partial charge in [0.25, 0.3) is 0 Å². The maximum absolute atomic E-state index is 11.9. The average Bonchev–Trinajstić information content (AvgIpc) is 2.81. The second-order valence-corrected chi connectivity index (χ2v) is 6.99. The summed E-state index contributed by atoms with van der Waals surface area (Å²) in [6.07, 6.45) is 1.19. The van der Waals surface area contributed by atoms with Crippen LogP contribution >= 0.6 is 11.3 Å². The summed E-state index contributed by atoms with van der Waals surface area (Å²) in [5.41, 5.74) is 0. The molecule has 0 saturated carbocycles. The number of anilines is 1. The van der Waals surface area contributed by atoms with E-state index in [1.807, 2.05) is 17.5 Å². The van der Waals surface area contributed by atoms with Crippen LogP contribution in [0.3, 0.4) is 0 Å². The first-order valence-electron chi connectivity index (χ1n) is 5.51. The zero-order valence-electron chi connectivity index (χ0n) is 10.00. The van der Waals surface area contributed by atoms with Crippen LogP contribution in [0.5, 0.6) is 0 Å². The number of amides is 2. The number of thiophene rings is 1. The fourth-order valence-corrected chi connectivity index (χ4v) is 3.19. The van der Waals surface area contributed by atoms with Crippen LogP contribution < -0.4 is 5.32 Å². The van der Waals surface area contributed by atoms with Gasteiger partial charge in [-0.05, 0) is 17.5 Å². The summed E-state index contributed by atoms with van der Waals surface area (Å²) in [6, 6.07) is 3.52. The highest BCUT2D eigenvalue weighted by Gasteiger charge is 2.25. The molecule has 0 atom stereocenters. The van der Waals surface area contributed by atoms with Gasteiger partial charge in [0.15, 0.2) is 0 Å². The van der Waals surface area contributed by atoms with Gasteiger partial charge in [0.2, 0.25) is 10.0 Å². The molecule has 0 spiro atoms. The molecular weight excluding hydrogens is 274 g/mol. The molecule has 0 bridgehead atoms. The highest BCUT2D eigenvalue weighted by atomic mass is 32.2. The van der Waals surface area contributed by atoms with Crippen LogP contribution in [-0.4, -0.2) is 56.1 Å². The molecule has 2 heterocycles. The van der Waals surface area contributed by atoms with Gasteiger partial charge in [-0.3, -0.25) is 5.32 Å². The zero-order chi connectivity index (χ0) is 13.2. The molecule has 1 aromatic rings. The SMILES string of the molecule is CS(=O)(=O)N1CCN(C(=O)Nc2cccs2)CC1. The summed E-state index contributed by atoms with van der Waals surface area (Å²) in [5, 5.41) is 5.47. The number of hydrogen-bond donors (Lipinski definition) is 1. The number of carbonyl (C=O) groups excluding carboxylic acids is 1. The summed E-state index contributed by atoms with van der Waals surface area (Å²) in [4.78, 5) is 13.5. The topological polar surface area (TPSA) is 69.7 Å². The van der Waals surface area contributed by atoms with E-state index >= 15 is 0 Å². The Hall–Kier alpha value is -1.12. The molecule has 0 aromatic carbocycles. The standard InChI is InChI=1S/C10H15N3O3S2/c1-18(15,16)13-6-4-12(5-7-13)10(14)11-9-3-2-8-17-9/h2-3,8H,4-7H2,1H3,(H,11,14). The van der Waals surface area contributed by atoms with E-state index in [2.05, 4.69) is 5.32 Å². The molecule has 6 nitrogen and oxygen atoms in total. The van der Waals surface area contributed by atoms with Crippen molar-refractivity contribution in [3.8, 4) is 0 Å². The second kappa shape index (κ2) is 5.25. The van der Waals surface area contributed by atoms with Gasteiger partial charge in [-0.25, -0.2) is 13.2 Å². The molecule has 1 aromatic heterocycles. The van der Waals surface area contributed by atoms with Gasteiger partial charge in [-0.1, -0.05) is 0 Å². The first-order chi connectivity index (χ1) is 8.47. The smallest absolute Gasteiger partial charge is 0.322 e. The summed E-state index contributed by atoms with van der Waals surface area (Å²) in [5.74, 6) is 0. The van der Waals surface area contributed by atoms with E-state index in [4.69, 9.17) is 0 Å². The number of hydrogen-bond acceptors (Lipinski definition) is 4. The molecule has 0 radical (unpaired) electrons. The Morgan fingerprint density at radius 2 is 2.00 bits per heavy atom. The Balaban J connectivity index is 1.88. The van der Waals surface area contributed by atoms with Crippen molar-refractivity contribution < 1.29 is 13.2 Å². The maximum Gasteiger partial charge on any atom is 0.322 e. The molecule has 0 unspecified atom stereocenters. The highest BCUT2D eigenvalue weighted by Crippen LogP contribution is 2.16. The van der Waals surface area contributed by atoms with Crippen molar-refractivity contribution in [2.24, 2.45) is 0 Å². The lowest BCUT2D eigenvalue weighted by Gasteiger charge is -2.33. The molecule has 2 amide bonds. The monoisotopic (exact) mass is 289 g/mol. The third kappa shape index (κ3) is 3.21. The molecule has 8 heteroatoms. The molecular formula is C10H15N3O3S2. The van der Waals surface area contributed by atoms with Crippen molar-refractivity contribution in [3.63, 3.8) is 0 Å². The molecule has 1 aliphatic heterocycles. The predicted molar refractivity (Wildman–Crippen MR) is 71.3 cm³/mol. The number of nitrogens with zero attached hydrogens (tertiary/aromatic N) is 2. The highest BCUT2D eigenvalue weighted by molar-refractivity contribution is 7.88. The van der Waals surface area contributed by atoms with E-state index in [-0.39, 0.29) is 6.03 Å². The van der Waals surface area contributed by atoms with Crippen molar-refractivity contribution in [1.29, 1.82) is 0 Å². The summed E-state index contributed by atoms with van der Waals surface area (Å²) in [7, 11) is -3.15. The number of sulfonamides is 1. The number of nitrogens with one attached hydrogen (secondary N) is 1. The minimum Gasteiger partial charge on any atom is -0.322 e. The molecule has 1 fully saturated rings. The number of rotatable bonds is 2. The Bertz CT molecular complexity index is 504. The fourth-order valence-electron chi connectivity index (χ4n) is 1.76. The molecule has 1 aliphatic rings. The zero-order valence-corrected chi connectivity index (χ0v) is 11.6. The first-order valence-corrected chi connectivity index (χ1v) is 8.24. The van der Waals surface area contributed by atoms with Crippen LogP contribution in [-0.2, 0) is 10.0 Å². The predicted octanol–water partition coefficient (Wildman–Crippen LogP) is 0.857. The van der Waals surface area contributed by atoms with Gasteiger partial charge >= 0.3 is 6.03 Å². The largest absolute Gasteiger partial charge is 0.322 e. The van der Waals surface area contributed by atoms with Gasteiger partial charge in [0.05, 0.1) is 11.3 Å². The minimum atomic E-state index is -3.15.